The second-order valence-corrected chi connectivity index (χ2v) is 7.35. The number of esters is 1. The zero-order valence-corrected chi connectivity index (χ0v) is 18.7. The first-order chi connectivity index (χ1) is 16.0. The summed E-state index contributed by atoms with van der Waals surface area (Å²) in [5.74, 6) is -0.0924. The van der Waals surface area contributed by atoms with Crippen molar-refractivity contribution in [3.05, 3.63) is 84.1 Å². The van der Waals surface area contributed by atoms with Crippen LogP contribution in [0.25, 0.3) is 28.2 Å². The number of carbonyl (C=O) groups is 2. The minimum atomic E-state index is -0.456. The molecule has 2 aromatic heterocycles. The molecular formula is C26H24N4O3. The third-order valence-electron chi connectivity index (χ3n) is 5.24. The molecule has 0 fully saturated rings. The van der Waals surface area contributed by atoms with E-state index in [1.165, 1.54) is 0 Å². The largest absolute Gasteiger partial charge is 0.462 e. The van der Waals surface area contributed by atoms with Crippen molar-refractivity contribution in [3.63, 3.8) is 0 Å². The predicted octanol–water partition coefficient (Wildman–Crippen LogP) is 5.17. The molecule has 7 heteroatoms. The van der Waals surface area contributed by atoms with Crippen LogP contribution in [0.3, 0.4) is 0 Å². The molecule has 166 valence electrons. The zero-order chi connectivity index (χ0) is 23.4. The van der Waals surface area contributed by atoms with Crippen molar-refractivity contribution in [3.8, 4) is 17.2 Å². The Morgan fingerprint density at radius 1 is 1.09 bits per heavy atom. The van der Waals surface area contributed by atoms with Crippen molar-refractivity contribution in [2.24, 2.45) is 0 Å². The number of imidazole rings is 1. The number of anilines is 1. The van der Waals surface area contributed by atoms with Crippen LogP contribution in [-0.4, -0.2) is 33.0 Å². The number of benzene rings is 2. The SMILES string of the molecule is C/C=C(\C)C(=O)Nc1cc(C(=O)OCC)ccc1-n1c(-c2ccccn2)nc2ccccc21. The summed E-state index contributed by atoms with van der Waals surface area (Å²) in [5.41, 5.74) is 4.35. The van der Waals surface area contributed by atoms with Gasteiger partial charge in [0.05, 0.1) is 34.6 Å². The average Bonchev–Trinajstić information content (AvgIpc) is 3.23. The average molecular weight is 441 g/mol. The number of para-hydroxylation sites is 2. The van der Waals surface area contributed by atoms with Gasteiger partial charge < -0.3 is 10.1 Å². The number of hydrogen-bond donors (Lipinski definition) is 1. The minimum absolute atomic E-state index is 0.260. The van der Waals surface area contributed by atoms with Crippen LogP contribution in [0.1, 0.15) is 31.1 Å². The summed E-state index contributed by atoms with van der Waals surface area (Å²) < 4.78 is 7.10. The number of aromatic nitrogens is 3. The molecule has 0 radical (unpaired) electrons. The molecule has 33 heavy (non-hydrogen) atoms. The third kappa shape index (κ3) is 4.39. The maximum atomic E-state index is 12.8. The van der Waals surface area contributed by atoms with Gasteiger partial charge in [-0.15, -0.1) is 0 Å². The summed E-state index contributed by atoms with van der Waals surface area (Å²) in [5, 5.41) is 2.95. The molecular weight excluding hydrogens is 416 g/mol. The summed E-state index contributed by atoms with van der Waals surface area (Å²) in [6.45, 7) is 5.54. The van der Waals surface area contributed by atoms with E-state index in [2.05, 4.69) is 10.3 Å². The number of hydrogen-bond acceptors (Lipinski definition) is 5. The molecule has 1 N–H and O–H groups in total. The molecule has 0 spiro atoms. The monoisotopic (exact) mass is 440 g/mol. The molecule has 0 aliphatic heterocycles. The number of carbonyl (C=O) groups excluding carboxylic acids is 2. The van der Waals surface area contributed by atoms with E-state index in [1.807, 2.05) is 47.0 Å². The molecule has 0 unspecified atom stereocenters. The Hall–Kier alpha value is -4.26. The molecule has 2 heterocycles. The first-order valence-corrected chi connectivity index (χ1v) is 10.7. The molecule has 4 aromatic rings. The standard InChI is InChI=1S/C26H24N4O3/c1-4-17(3)25(31)29-21-16-18(26(32)33-5-2)13-14-23(21)30-22-12-7-6-10-19(22)28-24(30)20-11-8-9-15-27-20/h4,6-16H,5H2,1-3H3,(H,29,31)/b17-4+. The number of ether oxygens (including phenoxy) is 1. The molecule has 7 nitrogen and oxygen atoms in total. The van der Waals surface area contributed by atoms with Crippen LogP contribution < -0.4 is 5.32 Å². The van der Waals surface area contributed by atoms with Gasteiger partial charge in [-0.3, -0.25) is 14.3 Å². The molecule has 0 saturated carbocycles. The minimum Gasteiger partial charge on any atom is -0.462 e. The fourth-order valence-electron chi connectivity index (χ4n) is 3.46. The Balaban J connectivity index is 1.96. The Labute approximate surface area is 191 Å². The highest BCUT2D eigenvalue weighted by atomic mass is 16.5. The van der Waals surface area contributed by atoms with Gasteiger partial charge in [-0.25, -0.2) is 9.78 Å². The number of rotatable bonds is 6. The van der Waals surface area contributed by atoms with E-state index in [0.29, 0.717) is 34.0 Å². The van der Waals surface area contributed by atoms with Gasteiger partial charge >= 0.3 is 5.97 Å². The molecule has 0 bridgehead atoms. The van der Waals surface area contributed by atoms with Gasteiger partial charge in [-0.2, -0.15) is 0 Å². The van der Waals surface area contributed by atoms with E-state index in [1.54, 1.807) is 51.2 Å². The van der Waals surface area contributed by atoms with E-state index in [4.69, 9.17) is 9.72 Å². The summed E-state index contributed by atoms with van der Waals surface area (Å²) in [7, 11) is 0. The van der Waals surface area contributed by atoms with Gasteiger partial charge in [0.1, 0.15) is 5.69 Å². The second-order valence-electron chi connectivity index (χ2n) is 7.35. The smallest absolute Gasteiger partial charge is 0.338 e. The van der Waals surface area contributed by atoms with E-state index >= 15 is 0 Å². The van der Waals surface area contributed by atoms with Gasteiger partial charge in [-0.05, 0) is 63.2 Å². The summed E-state index contributed by atoms with van der Waals surface area (Å²) >= 11 is 0. The number of nitrogens with zero attached hydrogens (tertiary/aromatic N) is 3. The predicted molar refractivity (Wildman–Crippen MR) is 128 cm³/mol. The molecule has 2 aromatic carbocycles. The zero-order valence-electron chi connectivity index (χ0n) is 18.7. The van der Waals surface area contributed by atoms with Crippen molar-refractivity contribution < 1.29 is 14.3 Å². The molecule has 0 aliphatic carbocycles. The summed E-state index contributed by atoms with van der Waals surface area (Å²) in [4.78, 5) is 34.4. The topological polar surface area (TPSA) is 86.1 Å². The Morgan fingerprint density at radius 2 is 1.88 bits per heavy atom. The first-order valence-electron chi connectivity index (χ1n) is 10.7. The highest BCUT2D eigenvalue weighted by molar-refractivity contribution is 6.05. The van der Waals surface area contributed by atoms with Crippen LogP contribution >= 0.6 is 0 Å². The Morgan fingerprint density at radius 3 is 2.61 bits per heavy atom. The van der Waals surface area contributed by atoms with Crippen molar-refractivity contribution in [1.29, 1.82) is 0 Å². The summed E-state index contributed by atoms with van der Waals surface area (Å²) in [6, 6.07) is 18.4. The lowest BCUT2D eigenvalue weighted by Gasteiger charge is -2.16. The van der Waals surface area contributed by atoms with E-state index in [9.17, 15) is 9.59 Å². The number of amides is 1. The molecule has 4 rings (SSSR count). The lowest BCUT2D eigenvalue weighted by molar-refractivity contribution is -0.112. The maximum Gasteiger partial charge on any atom is 0.338 e. The van der Waals surface area contributed by atoms with Crippen LogP contribution in [-0.2, 0) is 9.53 Å². The van der Waals surface area contributed by atoms with Crippen molar-refractivity contribution in [2.45, 2.75) is 20.8 Å². The second kappa shape index (κ2) is 9.48. The lowest BCUT2D eigenvalue weighted by atomic mass is 10.1. The lowest BCUT2D eigenvalue weighted by Crippen LogP contribution is -2.16. The van der Waals surface area contributed by atoms with Gasteiger partial charge in [0.25, 0.3) is 5.91 Å². The van der Waals surface area contributed by atoms with Gasteiger partial charge in [0, 0.05) is 11.8 Å². The fraction of sp³-hybridized carbons (Fsp3) is 0.154. The summed E-state index contributed by atoms with van der Waals surface area (Å²) in [6.07, 6.45) is 3.44. The highest BCUT2D eigenvalue weighted by Crippen LogP contribution is 2.32. The first kappa shape index (κ1) is 22.0. The van der Waals surface area contributed by atoms with Crippen LogP contribution in [0, 0.1) is 0 Å². The van der Waals surface area contributed by atoms with Crippen LogP contribution in [0.4, 0.5) is 5.69 Å². The quantitative estimate of drug-likeness (QED) is 0.330. The Bertz CT molecular complexity index is 1360. The third-order valence-corrected chi connectivity index (χ3v) is 5.24. The van der Waals surface area contributed by atoms with E-state index < -0.39 is 5.97 Å². The Kier molecular flexibility index (Phi) is 6.31. The van der Waals surface area contributed by atoms with Gasteiger partial charge in [0.2, 0.25) is 0 Å². The molecule has 0 saturated heterocycles. The fourth-order valence-corrected chi connectivity index (χ4v) is 3.46. The normalized spacial score (nSPS) is 11.4. The van der Waals surface area contributed by atoms with Crippen molar-refractivity contribution in [1.82, 2.24) is 14.5 Å². The molecule has 0 atom stereocenters. The molecule has 1 amide bonds. The number of allylic oxidation sites excluding steroid dienone is 1. The number of fused-ring (bicyclic) bond motifs is 1. The number of nitrogens with one attached hydrogen (secondary N) is 1. The van der Waals surface area contributed by atoms with Crippen LogP contribution in [0.15, 0.2) is 78.5 Å². The molecule has 0 aliphatic rings. The van der Waals surface area contributed by atoms with Gasteiger partial charge in [0.15, 0.2) is 5.82 Å². The van der Waals surface area contributed by atoms with Crippen molar-refractivity contribution in [2.75, 3.05) is 11.9 Å². The van der Waals surface area contributed by atoms with Crippen LogP contribution in [0.2, 0.25) is 0 Å². The van der Waals surface area contributed by atoms with E-state index in [-0.39, 0.29) is 12.5 Å². The van der Waals surface area contributed by atoms with Crippen LogP contribution in [0.5, 0.6) is 0 Å². The highest BCUT2D eigenvalue weighted by Gasteiger charge is 2.20. The van der Waals surface area contributed by atoms with Crippen molar-refractivity contribution >= 4 is 28.6 Å². The van der Waals surface area contributed by atoms with Gasteiger partial charge in [-0.1, -0.05) is 24.3 Å². The van der Waals surface area contributed by atoms with E-state index in [0.717, 1.165) is 11.0 Å². The maximum absolute atomic E-state index is 12.8. The number of pyridine rings is 1.